The van der Waals surface area contributed by atoms with Crippen LogP contribution in [0.5, 0.6) is 11.5 Å². The summed E-state index contributed by atoms with van der Waals surface area (Å²) in [6.07, 6.45) is 0. The van der Waals surface area contributed by atoms with Crippen molar-refractivity contribution in [2.45, 2.75) is 52.4 Å². The van der Waals surface area contributed by atoms with Gasteiger partial charge in [0.25, 0.3) is 0 Å². The number of phosphoric acid groups is 1. The molecule has 0 radical (unpaired) electrons. The van der Waals surface area contributed by atoms with Gasteiger partial charge in [0, 0.05) is 0 Å². The Morgan fingerprint density at radius 3 is 1.15 bits per heavy atom. The molecule has 0 aliphatic rings. The molecule has 27 heavy (non-hydrogen) atoms. The van der Waals surface area contributed by atoms with Crippen molar-refractivity contribution in [2.24, 2.45) is 0 Å². The van der Waals surface area contributed by atoms with Crippen molar-refractivity contribution in [3.05, 3.63) is 59.7 Å². The second-order valence-electron chi connectivity index (χ2n) is 8.20. The Labute approximate surface area is 207 Å². The van der Waals surface area contributed by atoms with Crippen LogP contribution in [0.15, 0.2) is 48.5 Å². The molecule has 2 aromatic rings. The van der Waals surface area contributed by atoms with Crippen LogP contribution in [-0.2, 0) is 15.4 Å². The van der Waals surface area contributed by atoms with Crippen molar-refractivity contribution >= 4 is 66.9 Å². The predicted molar refractivity (Wildman–Crippen MR) is 116 cm³/mol. The zero-order valence-electron chi connectivity index (χ0n) is 15.7. The number of rotatable bonds is 4. The van der Waals surface area contributed by atoms with E-state index in [-0.39, 0.29) is 69.9 Å². The van der Waals surface area contributed by atoms with Gasteiger partial charge in [0.2, 0.25) is 0 Å². The predicted octanol–water partition coefficient (Wildman–Crippen LogP) is 4.54. The molecule has 0 atom stereocenters. The molecule has 0 spiro atoms. The maximum atomic E-state index is 12.2. The van der Waals surface area contributed by atoms with E-state index in [1.54, 1.807) is 24.3 Å². The first-order chi connectivity index (χ1) is 11.4. The van der Waals surface area contributed by atoms with Crippen molar-refractivity contribution in [1.29, 1.82) is 0 Å². The van der Waals surface area contributed by atoms with Crippen LogP contribution in [0.3, 0.4) is 0 Å². The summed E-state index contributed by atoms with van der Waals surface area (Å²) in [5, 5.41) is 0. The van der Waals surface area contributed by atoms with Gasteiger partial charge in [0.1, 0.15) is 11.5 Å². The van der Waals surface area contributed by atoms with Crippen LogP contribution in [0.25, 0.3) is 0 Å². The molecule has 2 aromatic carbocycles. The zero-order chi connectivity index (χ0) is 18.9. The minimum absolute atomic E-state index is 0. The Kier molecular flexibility index (Phi) is 10.4. The monoisotopic (exact) mass is 410 g/mol. The van der Waals surface area contributed by atoms with Gasteiger partial charge in [-0.05, 0) is 46.2 Å². The van der Waals surface area contributed by atoms with Crippen molar-refractivity contribution in [3.8, 4) is 11.5 Å². The van der Waals surface area contributed by atoms with Crippen molar-refractivity contribution in [1.82, 2.24) is 0 Å². The number of phosphoric ester groups is 1. The van der Waals surface area contributed by atoms with E-state index in [1.165, 1.54) is 0 Å². The van der Waals surface area contributed by atoms with E-state index < -0.39 is 7.82 Å². The van der Waals surface area contributed by atoms with Gasteiger partial charge in [-0.3, -0.25) is 4.89 Å². The van der Waals surface area contributed by atoms with Gasteiger partial charge >= 0.3 is 66.9 Å². The number of benzene rings is 2. The molecule has 0 aromatic heterocycles. The maximum absolute atomic E-state index is 12.2. The second kappa shape index (κ2) is 10.3. The average molecular weight is 410 g/mol. The van der Waals surface area contributed by atoms with Crippen LogP contribution >= 0.6 is 7.82 Å². The summed E-state index contributed by atoms with van der Waals surface area (Å²) in [5.41, 5.74) is 2.25. The Morgan fingerprint density at radius 2 is 0.926 bits per heavy atom. The first-order valence-corrected chi connectivity index (χ1v) is 9.79. The molecule has 0 aliphatic carbocycles. The van der Waals surface area contributed by atoms with Gasteiger partial charge < -0.3 is 9.05 Å². The van der Waals surface area contributed by atoms with Gasteiger partial charge in [-0.15, -0.1) is 0 Å². The molecule has 0 aliphatic heterocycles. The summed E-state index contributed by atoms with van der Waals surface area (Å²) in [6, 6.07) is 14.2. The first-order valence-electron chi connectivity index (χ1n) is 8.30. The molecule has 0 fully saturated rings. The van der Waals surface area contributed by atoms with Gasteiger partial charge in [-0.1, -0.05) is 65.8 Å². The van der Waals surface area contributed by atoms with E-state index in [0.29, 0.717) is 11.5 Å². The molecular formula is C20H29Na2O4P. The van der Waals surface area contributed by atoms with Crippen LogP contribution in [-0.4, -0.2) is 64.0 Å². The molecule has 4 nitrogen and oxygen atoms in total. The van der Waals surface area contributed by atoms with E-state index in [9.17, 15) is 9.46 Å². The third-order valence-corrected chi connectivity index (χ3v) is 4.77. The number of hydrogen-bond acceptors (Lipinski definition) is 3. The minimum atomic E-state index is -4.25. The van der Waals surface area contributed by atoms with Crippen molar-refractivity contribution < 1.29 is 18.5 Å². The molecule has 0 saturated carbocycles. The van der Waals surface area contributed by atoms with Crippen molar-refractivity contribution in [3.63, 3.8) is 0 Å². The summed E-state index contributed by atoms with van der Waals surface area (Å²) in [4.78, 5) is 9.99. The summed E-state index contributed by atoms with van der Waals surface area (Å²) in [7, 11) is -4.25. The van der Waals surface area contributed by atoms with E-state index in [1.807, 2.05) is 24.3 Å². The molecule has 1 N–H and O–H groups in total. The molecule has 2 rings (SSSR count). The zero-order valence-corrected chi connectivity index (χ0v) is 16.6. The fraction of sp³-hybridized carbons (Fsp3) is 0.400. The van der Waals surface area contributed by atoms with Gasteiger partial charge in [0.15, 0.2) is 0 Å². The van der Waals surface area contributed by atoms with Gasteiger partial charge in [-0.25, -0.2) is 4.57 Å². The van der Waals surface area contributed by atoms with Gasteiger partial charge in [0.05, 0.1) is 0 Å². The van der Waals surface area contributed by atoms with Crippen LogP contribution in [0.1, 0.15) is 52.7 Å². The molecule has 0 bridgehead atoms. The molecule has 0 amide bonds. The third kappa shape index (κ3) is 8.64. The average Bonchev–Trinajstić information content (AvgIpc) is 2.45. The molecule has 0 heterocycles. The van der Waals surface area contributed by atoms with E-state index in [0.717, 1.165) is 11.1 Å². The molecular weight excluding hydrogens is 381 g/mol. The molecule has 0 saturated heterocycles. The Morgan fingerprint density at radius 1 is 0.667 bits per heavy atom. The summed E-state index contributed by atoms with van der Waals surface area (Å²) in [6.45, 7) is 12.6. The summed E-state index contributed by atoms with van der Waals surface area (Å²) < 4.78 is 22.5. The van der Waals surface area contributed by atoms with Crippen LogP contribution in [0.4, 0.5) is 0 Å². The normalized spacial score (nSPS) is 11.8. The van der Waals surface area contributed by atoms with E-state index >= 15 is 0 Å². The Bertz CT molecular complexity index is 697. The Balaban J connectivity index is 0.00000338. The fourth-order valence-corrected chi connectivity index (χ4v) is 3.13. The second-order valence-corrected chi connectivity index (χ2v) is 9.50. The van der Waals surface area contributed by atoms with Crippen LogP contribution < -0.4 is 9.05 Å². The van der Waals surface area contributed by atoms with E-state index in [4.69, 9.17) is 9.05 Å². The third-order valence-electron chi connectivity index (χ3n) is 3.88. The quantitative estimate of drug-likeness (QED) is 0.594. The summed E-state index contributed by atoms with van der Waals surface area (Å²) in [5.74, 6) is 0.593. The van der Waals surface area contributed by atoms with E-state index in [2.05, 4.69) is 41.5 Å². The summed E-state index contributed by atoms with van der Waals surface area (Å²) >= 11 is 0. The standard InChI is InChI=1S/C20H27O4P.2Na.2H/c1-19(2,3)15-7-11-17(12-8-15)23-25(21,22)24-18-13-9-16(10-14-18)20(4,5)6;;;;/h7-14H,1-6H3,(H,21,22);;;;. The topological polar surface area (TPSA) is 55.8 Å². The van der Waals surface area contributed by atoms with Crippen molar-refractivity contribution in [2.75, 3.05) is 0 Å². The molecule has 140 valence electrons. The SMILES string of the molecule is CC(C)(C)c1ccc(OP(=O)(O)Oc2ccc(C(C)(C)C)cc2)cc1.[NaH].[NaH]. The number of hydrogen-bond donors (Lipinski definition) is 1. The fourth-order valence-electron chi connectivity index (χ4n) is 2.32. The van der Waals surface area contributed by atoms with Gasteiger partial charge in [-0.2, -0.15) is 0 Å². The molecule has 0 unspecified atom stereocenters. The molecule has 7 heteroatoms. The van der Waals surface area contributed by atoms with Crippen LogP contribution in [0, 0.1) is 0 Å². The first kappa shape index (κ1) is 27.2. The van der Waals surface area contributed by atoms with Crippen LogP contribution in [0.2, 0.25) is 0 Å². The Hall–Kier alpha value is 0.230.